The molecular formula is C14H26O5. The molecule has 1 fully saturated rings. The number of aliphatic carboxylic acids is 1. The SMILES string of the molecule is COCCOCC(O)CC1(C(=O)O)CCCCCC1. The van der Waals surface area contributed by atoms with Crippen molar-refractivity contribution < 1.29 is 24.5 Å². The Hall–Kier alpha value is -0.650. The normalized spacial score (nSPS) is 20.7. The monoisotopic (exact) mass is 274 g/mol. The van der Waals surface area contributed by atoms with Crippen molar-refractivity contribution in [1.29, 1.82) is 0 Å². The van der Waals surface area contributed by atoms with Gasteiger partial charge in [0.05, 0.1) is 31.3 Å². The van der Waals surface area contributed by atoms with Crippen molar-refractivity contribution in [1.82, 2.24) is 0 Å². The highest BCUT2D eigenvalue weighted by molar-refractivity contribution is 5.74. The summed E-state index contributed by atoms with van der Waals surface area (Å²) in [6, 6.07) is 0. The zero-order valence-corrected chi connectivity index (χ0v) is 11.8. The van der Waals surface area contributed by atoms with Crippen molar-refractivity contribution in [2.75, 3.05) is 26.9 Å². The third-order valence-electron chi connectivity index (χ3n) is 3.88. The zero-order chi connectivity index (χ0) is 14.1. The summed E-state index contributed by atoms with van der Waals surface area (Å²) in [6.07, 6.45) is 4.95. The maximum absolute atomic E-state index is 11.6. The number of methoxy groups -OCH3 is 1. The Labute approximate surface area is 114 Å². The van der Waals surface area contributed by atoms with Gasteiger partial charge in [0.2, 0.25) is 0 Å². The summed E-state index contributed by atoms with van der Waals surface area (Å²) >= 11 is 0. The molecule has 1 aliphatic carbocycles. The van der Waals surface area contributed by atoms with Gasteiger partial charge in [0.1, 0.15) is 0 Å². The number of carboxylic acids is 1. The van der Waals surface area contributed by atoms with Crippen molar-refractivity contribution in [3.8, 4) is 0 Å². The van der Waals surface area contributed by atoms with Gasteiger partial charge in [0.15, 0.2) is 0 Å². The summed E-state index contributed by atoms with van der Waals surface area (Å²) in [5, 5.41) is 19.5. The zero-order valence-electron chi connectivity index (χ0n) is 11.8. The average Bonchev–Trinajstić information content (AvgIpc) is 2.61. The Morgan fingerprint density at radius 2 is 1.84 bits per heavy atom. The highest BCUT2D eigenvalue weighted by Gasteiger charge is 2.40. The highest BCUT2D eigenvalue weighted by Crippen LogP contribution is 2.39. The first-order chi connectivity index (χ1) is 9.10. The summed E-state index contributed by atoms with van der Waals surface area (Å²) in [6.45, 7) is 1.09. The van der Waals surface area contributed by atoms with Gasteiger partial charge in [0, 0.05) is 7.11 Å². The third-order valence-corrected chi connectivity index (χ3v) is 3.88. The summed E-state index contributed by atoms with van der Waals surface area (Å²) < 4.78 is 10.1. The number of hydrogen-bond acceptors (Lipinski definition) is 4. The van der Waals surface area contributed by atoms with Gasteiger partial charge in [-0.2, -0.15) is 0 Å². The number of carboxylic acid groups (broad SMARTS) is 1. The summed E-state index contributed by atoms with van der Waals surface area (Å²) in [4.78, 5) is 11.6. The van der Waals surface area contributed by atoms with Gasteiger partial charge in [-0.05, 0) is 19.3 Å². The van der Waals surface area contributed by atoms with E-state index in [1.54, 1.807) is 7.11 Å². The lowest BCUT2D eigenvalue weighted by atomic mass is 9.76. The van der Waals surface area contributed by atoms with E-state index in [0.717, 1.165) is 25.7 Å². The molecule has 0 spiro atoms. The van der Waals surface area contributed by atoms with E-state index in [4.69, 9.17) is 9.47 Å². The average molecular weight is 274 g/mol. The Morgan fingerprint density at radius 3 is 2.37 bits per heavy atom. The van der Waals surface area contributed by atoms with Crippen LogP contribution in [0.15, 0.2) is 0 Å². The maximum Gasteiger partial charge on any atom is 0.309 e. The van der Waals surface area contributed by atoms with E-state index in [9.17, 15) is 15.0 Å². The molecule has 1 unspecified atom stereocenters. The van der Waals surface area contributed by atoms with Gasteiger partial charge >= 0.3 is 5.97 Å². The van der Waals surface area contributed by atoms with Crippen molar-refractivity contribution in [3.05, 3.63) is 0 Å². The van der Waals surface area contributed by atoms with Crippen LogP contribution in [0.1, 0.15) is 44.9 Å². The van der Waals surface area contributed by atoms with Gasteiger partial charge in [0.25, 0.3) is 0 Å². The topological polar surface area (TPSA) is 76.0 Å². The lowest BCUT2D eigenvalue weighted by Gasteiger charge is -2.30. The molecule has 0 amide bonds. The third kappa shape index (κ3) is 5.47. The van der Waals surface area contributed by atoms with Crippen LogP contribution in [0.25, 0.3) is 0 Å². The molecule has 0 radical (unpaired) electrons. The van der Waals surface area contributed by atoms with Crippen molar-refractivity contribution in [3.63, 3.8) is 0 Å². The molecule has 0 aromatic carbocycles. The minimum atomic E-state index is -0.773. The minimum absolute atomic E-state index is 0.179. The molecule has 5 nitrogen and oxygen atoms in total. The van der Waals surface area contributed by atoms with E-state index in [-0.39, 0.29) is 13.0 Å². The van der Waals surface area contributed by atoms with Gasteiger partial charge in [-0.3, -0.25) is 4.79 Å². The summed E-state index contributed by atoms with van der Waals surface area (Å²) in [5.74, 6) is -0.773. The quantitative estimate of drug-likeness (QED) is 0.521. The van der Waals surface area contributed by atoms with E-state index >= 15 is 0 Å². The molecule has 2 N–H and O–H groups in total. The molecule has 0 heterocycles. The van der Waals surface area contributed by atoms with Crippen LogP contribution in [-0.2, 0) is 14.3 Å². The molecule has 5 heteroatoms. The van der Waals surface area contributed by atoms with Crippen molar-refractivity contribution in [2.45, 2.75) is 51.0 Å². The summed E-state index contributed by atoms with van der Waals surface area (Å²) in [7, 11) is 1.59. The van der Waals surface area contributed by atoms with Crippen LogP contribution in [0.4, 0.5) is 0 Å². The van der Waals surface area contributed by atoms with Gasteiger partial charge in [-0.15, -0.1) is 0 Å². The fraction of sp³-hybridized carbons (Fsp3) is 0.929. The Balaban J connectivity index is 2.45. The van der Waals surface area contributed by atoms with Crippen molar-refractivity contribution in [2.24, 2.45) is 5.41 Å². The fourth-order valence-electron chi connectivity index (χ4n) is 2.78. The molecular weight excluding hydrogens is 248 g/mol. The van der Waals surface area contributed by atoms with E-state index in [2.05, 4.69) is 0 Å². The maximum atomic E-state index is 11.6. The number of aliphatic hydroxyl groups excluding tert-OH is 1. The molecule has 0 aliphatic heterocycles. The number of ether oxygens (including phenoxy) is 2. The van der Waals surface area contributed by atoms with E-state index < -0.39 is 17.5 Å². The van der Waals surface area contributed by atoms with Crippen LogP contribution in [0.5, 0.6) is 0 Å². The molecule has 1 saturated carbocycles. The number of hydrogen-bond donors (Lipinski definition) is 2. The molecule has 0 aromatic heterocycles. The largest absolute Gasteiger partial charge is 0.481 e. The standard InChI is InChI=1S/C14H26O5/c1-18-8-9-19-11-12(15)10-14(13(16)17)6-4-2-3-5-7-14/h12,15H,2-11H2,1H3,(H,16,17). The van der Waals surface area contributed by atoms with E-state index in [1.165, 1.54) is 0 Å². The van der Waals surface area contributed by atoms with Crippen molar-refractivity contribution >= 4 is 5.97 Å². The van der Waals surface area contributed by atoms with Crippen LogP contribution < -0.4 is 0 Å². The van der Waals surface area contributed by atoms with Crippen LogP contribution in [0.2, 0.25) is 0 Å². The lowest BCUT2D eigenvalue weighted by Crippen LogP contribution is -2.36. The van der Waals surface area contributed by atoms with Crippen LogP contribution in [0, 0.1) is 5.41 Å². The highest BCUT2D eigenvalue weighted by atomic mass is 16.5. The molecule has 0 bridgehead atoms. The van der Waals surface area contributed by atoms with Crippen LogP contribution >= 0.6 is 0 Å². The summed E-state index contributed by atoms with van der Waals surface area (Å²) in [5.41, 5.74) is -0.763. The molecule has 0 saturated heterocycles. The second kappa shape index (κ2) is 8.51. The van der Waals surface area contributed by atoms with Crippen LogP contribution in [0.3, 0.4) is 0 Å². The molecule has 1 rings (SSSR count). The van der Waals surface area contributed by atoms with E-state index in [1.807, 2.05) is 0 Å². The first-order valence-corrected chi connectivity index (χ1v) is 7.09. The smallest absolute Gasteiger partial charge is 0.309 e. The Kier molecular flexibility index (Phi) is 7.34. The number of aliphatic hydroxyl groups is 1. The second-order valence-electron chi connectivity index (χ2n) is 5.43. The lowest BCUT2D eigenvalue weighted by molar-refractivity contribution is -0.152. The first kappa shape index (κ1) is 16.4. The number of carbonyl (C=O) groups is 1. The fourth-order valence-corrected chi connectivity index (χ4v) is 2.78. The van der Waals surface area contributed by atoms with Gasteiger partial charge < -0.3 is 19.7 Å². The van der Waals surface area contributed by atoms with E-state index in [0.29, 0.717) is 26.1 Å². The first-order valence-electron chi connectivity index (χ1n) is 7.09. The Bertz CT molecular complexity index is 259. The molecule has 1 aliphatic rings. The van der Waals surface area contributed by atoms with Gasteiger partial charge in [-0.25, -0.2) is 0 Å². The van der Waals surface area contributed by atoms with Gasteiger partial charge in [-0.1, -0.05) is 25.7 Å². The second-order valence-corrected chi connectivity index (χ2v) is 5.43. The minimum Gasteiger partial charge on any atom is -0.481 e. The molecule has 19 heavy (non-hydrogen) atoms. The Morgan fingerprint density at radius 1 is 1.21 bits per heavy atom. The molecule has 1 atom stereocenters. The molecule has 112 valence electrons. The van der Waals surface area contributed by atoms with Crippen LogP contribution in [-0.4, -0.2) is 49.2 Å². The predicted octanol–water partition coefficient (Wildman–Crippen LogP) is 1.83. The number of rotatable bonds is 8. The predicted molar refractivity (Wildman–Crippen MR) is 71.1 cm³/mol. The molecule has 0 aromatic rings.